The molecule has 4 heterocycles. The number of hydrogen-bond donors (Lipinski definition) is 0. The second-order valence-corrected chi connectivity index (χ2v) is 10.3. The van der Waals surface area contributed by atoms with Crippen LogP contribution < -0.4 is 14.9 Å². The number of thiophene rings is 1. The highest BCUT2D eigenvalue weighted by Crippen LogP contribution is 2.33. The van der Waals surface area contributed by atoms with E-state index in [1.807, 2.05) is 17.5 Å². The Morgan fingerprint density at radius 2 is 2.14 bits per heavy atom. The topological polar surface area (TPSA) is 117 Å². The Hall–Kier alpha value is -3.80. The van der Waals surface area contributed by atoms with Gasteiger partial charge in [-0.15, -0.1) is 11.3 Å². The molecule has 4 aromatic rings. The maximum Gasteiger partial charge on any atom is 0.338 e. The molecule has 0 aliphatic carbocycles. The molecule has 0 saturated carbocycles. The van der Waals surface area contributed by atoms with Crippen molar-refractivity contribution in [2.24, 2.45) is 4.99 Å². The molecule has 1 aromatic carbocycles. The molecule has 5 rings (SSSR count). The van der Waals surface area contributed by atoms with Gasteiger partial charge in [-0.3, -0.25) is 19.5 Å². The number of nitro groups is 1. The van der Waals surface area contributed by atoms with Crippen molar-refractivity contribution >= 4 is 52.0 Å². The van der Waals surface area contributed by atoms with E-state index < -0.39 is 16.9 Å². The van der Waals surface area contributed by atoms with Crippen LogP contribution in [0.2, 0.25) is 5.02 Å². The van der Waals surface area contributed by atoms with Gasteiger partial charge in [0.25, 0.3) is 11.2 Å². The Bertz CT molecular complexity index is 1750. The van der Waals surface area contributed by atoms with Crippen molar-refractivity contribution in [3.8, 4) is 11.3 Å². The molecule has 0 saturated heterocycles. The van der Waals surface area contributed by atoms with Gasteiger partial charge in [0, 0.05) is 22.6 Å². The van der Waals surface area contributed by atoms with Crippen molar-refractivity contribution in [3.05, 3.63) is 105 Å². The third-order valence-electron chi connectivity index (χ3n) is 5.66. The lowest BCUT2D eigenvalue weighted by molar-refractivity contribution is -0.384. The average Bonchev–Trinajstić information content (AvgIpc) is 3.61. The van der Waals surface area contributed by atoms with Crippen molar-refractivity contribution in [3.63, 3.8) is 0 Å². The standard InChI is InChI=1S/C25H18ClN3O6S2/c1-3-34-24(31)21-13(2)27-25-28(22(21)19-5-4-10-36-19)23(30)20(37-25)12-15-7-9-18(35-15)14-6-8-16(26)17(11-14)29(32)33/h4-12,22H,3H2,1-2H3/b20-12-/t22-/m0/s1. The van der Waals surface area contributed by atoms with Crippen molar-refractivity contribution in [1.29, 1.82) is 0 Å². The van der Waals surface area contributed by atoms with Gasteiger partial charge in [0.1, 0.15) is 22.6 Å². The highest BCUT2D eigenvalue weighted by molar-refractivity contribution is 7.10. The number of fused-ring (bicyclic) bond motifs is 1. The van der Waals surface area contributed by atoms with E-state index in [0.717, 1.165) is 4.88 Å². The van der Waals surface area contributed by atoms with E-state index >= 15 is 0 Å². The second kappa shape index (κ2) is 9.92. The Kier molecular flexibility index (Phi) is 6.67. The Morgan fingerprint density at radius 3 is 2.84 bits per heavy atom. The van der Waals surface area contributed by atoms with Crippen molar-refractivity contribution < 1.29 is 18.9 Å². The van der Waals surface area contributed by atoms with Gasteiger partial charge < -0.3 is 9.15 Å². The first-order valence-corrected chi connectivity index (χ1v) is 13.1. The number of hydrogen-bond acceptors (Lipinski definition) is 9. The highest BCUT2D eigenvalue weighted by atomic mass is 35.5. The molecule has 1 aliphatic rings. The fourth-order valence-corrected chi connectivity index (χ4v) is 6.06. The van der Waals surface area contributed by atoms with Crippen LogP contribution in [0, 0.1) is 10.1 Å². The summed E-state index contributed by atoms with van der Waals surface area (Å²) in [4.78, 5) is 42.9. The summed E-state index contributed by atoms with van der Waals surface area (Å²) in [6.45, 7) is 3.66. The minimum Gasteiger partial charge on any atom is -0.463 e. The van der Waals surface area contributed by atoms with Gasteiger partial charge >= 0.3 is 5.97 Å². The van der Waals surface area contributed by atoms with Gasteiger partial charge in [0.15, 0.2) is 4.80 Å². The number of benzene rings is 1. The first-order valence-electron chi connectivity index (χ1n) is 11.1. The molecule has 188 valence electrons. The first-order chi connectivity index (χ1) is 17.8. The number of nitrogens with zero attached hydrogens (tertiary/aromatic N) is 3. The van der Waals surface area contributed by atoms with Gasteiger partial charge in [-0.2, -0.15) is 0 Å². The Morgan fingerprint density at radius 1 is 1.32 bits per heavy atom. The molecule has 0 spiro atoms. The molecule has 12 heteroatoms. The molecule has 1 atom stereocenters. The summed E-state index contributed by atoms with van der Waals surface area (Å²) in [7, 11) is 0. The number of carbonyl (C=O) groups excluding carboxylic acids is 1. The monoisotopic (exact) mass is 555 g/mol. The van der Waals surface area contributed by atoms with Gasteiger partial charge in [0.05, 0.1) is 27.3 Å². The van der Waals surface area contributed by atoms with Crippen LogP contribution in [0.25, 0.3) is 17.4 Å². The predicted octanol–water partition coefficient (Wildman–Crippen LogP) is 4.68. The average molecular weight is 556 g/mol. The number of aromatic nitrogens is 1. The fourth-order valence-electron chi connectivity index (χ4n) is 4.03. The summed E-state index contributed by atoms with van der Waals surface area (Å²) in [5, 5.41) is 13.1. The number of esters is 1. The molecule has 0 radical (unpaired) electrons. The predicted molar refractivity (Wildman–Crippen MR) is 141 cm³/mol. The third-order valence-corrected chi connectivity index (χ3v) is 7.88. The normalized spacial score (nSPS) is 15.4. The van der Waals surface area contributed by atoms with Crippen LogP contribution in [-0.2, 0) is 9.53 Å². The van der Waals surface area contributed by atoms with Crippen LogP contribution in [0.15, 0.2) is 73.3 Å². The number of ether oxygens (including phenoxy) is 1. The van der Waals surface area contributed by atoms with E-state index in [0.29, 0.717) is 37.7 Å². The van der Waals surface area contributed by atoms with E-state index in [1.165, 1.54) is 39.4 Å². The molecular weight excluding hydrogens is 538 g/mol. The maximum atomic E-state index is 13.6. The number of thiazole rings is 1. The van der Waals surface area contributed by atoms with E-state index in [-0.39, 0.29) is 22.9 Å². The van der Waals surface area contributed by atoms with E-state index in [4.69, 9.17) is 20.8 Å². The number of nitro benzene ring substituents is 1. The molecule has 0 amide bonds. The van der Waals surface area contributed by atoms with Crippen LogP contribution >= 0.6 is 34.3 Å². The molecule has 37 heavy (non-hydrogen) atoms. The second-order valence-electron chi connectivity index (χ2n) is 7.94. The number of carbonyl (C=O) groups is 1. The van der Waals surface area contributed by atoms with Gasteiger partial charge in [0.2, 0.25) is 0 Å². The Labute approximate surface area is 222 Å². The summed E-state index contributed by atoms with van der Waals surface area (Å²) in [5.74, 6) is 0.256. The maximum absolute atomic E-state index is 13.6. The molecule has 0 unspecified atom stereocenters. The van der Waals surface area contributed by atoms with Crippen molar-refractivity contribution in [1.82, 2.24) is 4.57 Å². The van der Waals surface area contributed by atoms with Crippen LogP contribution in [0.5, 0.6) is 0 Å². The van der Waals surface area contributed by atoms with Crippen molar-refractivity contribution in [2.45, 2.75) is 19.9 Å². The smallest absolute Gasteiger partial charge is 0.338 e. The summed E-state index contributed by atoms with van der Waals surface area (Å²) < 4.78 is 13.0. The molecule has 0 bridgehead atoms. The summed E-state index contributed by atoms with van der Waals surface area (Å²) in [5.41, 5.74) is 0.745. The fraction of sp³-hybridized carbons (Fsp3) is 0.160. The van der Waals surface area contributed by atoms with E-state index in [2.05, 4.69) is 4.99 Å². The zero-order valence-corrected chi connectivity index (χ0v) is 21.9. The molecule has 1 aliphatic heterocycles. The minimum absolute atomic E-state index is 0.0272. The third kappa shape index (κ3) is 4.57. The van der Waals surface area contributed by atoms with E-state index in [9.17, 15) is 19.7 Å². The minimum atomic E-state index is -0.653. The number of furan rings is 1. The van der Waals surface area contributed by atoms with Gasteiger partial charge in [-0.1, -0.05) is 29.0 Å². The SMILES string of the molecule is CCOC(=O)C1=C(C)N=c2s/c(=C\c3ccc(-c4ccc(Cl)c([N+](=O)[O-])c4)o3)c(=O)n2[C@H]1c1cccs1. The highest BCUT2D eigenvalue weighted by Gasteiger charge is 2.33. The van der Waals surface area contributed by atoms with Crippen molar-refractivity contribution in [2.75, 3.05) is 6.61 Å². The first kappa shape index (κ1) is 24.9. The lowest BCUT2D eigenvalue weighted by Crippen LogP contribution is -2.39. The van der Waals surface area contributed by atoms with Crippen LogP contribution in [0.1, 0.15) is 30.5 Å². The van der Waals surface area contributed by atoms with E-state index in [1.54, 1.807) is 38.1 Å². The lowest BCUT2D eigenvalue weighted by Gasteiger charge is -2.23. The van der Waals surface area contributed by atoms with Gasteiger partial charge in [-0.25, -0.2) is 9.79 Å². The Balaban J connectivity index is 1.59. The van der Waals surface area contributed by atoms with Crippen LogP contribution in [0.3, 0.4) is 0 Å². The number of halogens is 1. The van der Waals surface area contributed by atoms with Crippen LogP contribution in [0.4, 0.5) is 5.69 Å². The molecular formula is C25H18ClN3O6S2. The zero-order valence-electron chi connectivity index (χ0n) is 19.5. The molecule has 3 aromatic heterocycles. The van der Waals surface area contributed by atoms with Gasteiger partial charge in [-0.05, 0) is 49.6 Å². The summed E-state index contributed by atoms with van der Waals surface area (Å²) in [6, 6.07) is 10.8. The zero-order chi connectivity index (χ0) is 26.3. The quantitative estimate of drug-likeness (QED) is 0.194. The largest absolute Gasteiger partial charge is 0.463 e. The summed E-state index contributed by atoms with van der Waals surface area (Å²) >= 11 is 8.53. The molecule has 0 fully saturated rings. The lowest BCUT2D eigenvalue weighted by atomic mass is 10.0. The molecule has 0 N–H and O–H groups in total. The number of allylic oxidation sites excluding steroid dienone is 1. The van der Waals surface area contributed by atoms with Crippen LogP contribution in [-0.4, -0.2) is 22.1 Å². The molecule has 9 nitrogen and oxygen atoms in total. The summed E-state index contributed by atoms with van der Waals surface area (Å²) in [6.07, 6.45) is 1.59. The number of rotatable bonds is 6.